The minimum absolute atomic E-state index is 0.124. The number of unbranched alkanes of at least 4 members (excludes halogenated alkanes) is 11. The normalized spacial score (nSPS) is 13.4. The molecule has 0 radical (unpaired) electrons. The van der Waals surface area contributed by atoms with Crippen molar-refractivity contribution in [3.8, 4) is 0 Å². The third kappa shape index (κ3) is 24.1. The van der Waals surface area contributed by atoms with E-state index in [1.807, 2.05) is 25.1 Å². The van der Waals surface area contributed by atoms with E-state index in [4.69, 9.17) is 9.47 Å². The third-order valence-electron chi connectivity index (χ3n) is 6.71. The van der Waals surface area contributed by atoms with Crippen LogP contribution in [0, 0.1) is 0 Å². The van der Waals surface area contributed by atoms with Gasteiger partial charge in [-0.15, -0.1) is 0 Å². The molecule has 0 aliphatic rings. The molecule has 1 unspecified atom stereocenters. The van der Waals surface area contributed by atoms with Crippen molar-refractivity contribution in [2.24, 2.45) is 0 Å². The Morgan fingerprint density at radius 2 is 1.44 bits per heavy atom. The number of benzene rings is 1. The average molecular weight is 561 g/mol. The van der Waals surface area contributed by atoms with Crippen molar-refractivity contribution in [1.82, 2.24) is 0 Å². The lowest BCUT2D eigenvalue weighted by molar-refractivity contribution is -0.112. The molecule has 1 aromatic rings. The van der Waals surface area contributed by atoms with Gasteiger partial charge in [0.05, 0.1) is 18.8 Å². The summed E-state index contributed by atoms with van der Waals surface area (Å²) in [6, 6.07) is 10.2. The standard InChI is InChI=1S/C34H56O4S/c1-3-39-34(36)28-33(35)27-23-18-16-14-12-10-8-6-4-5-7-9-11-13-15-17-20-24-31(2)38-30-37-29-32-25-21-19-22-26-32/h9,11,17,19-22,25-26,31,33,35H,3-8,10,12-16,18,23-24,27-30H2,1-2H3/b11-9+,20-17+/t31-,33?/m1/s1. The van der Waals surface area contributed by atoms with Crippen molar-refractivity contribution in [3.05, 3.63) is 60.2 Å². The van der Waals surface area contributed by atoms with Gasteiger partial charge in [0.25, 0.3) is 0 Å². The van der Waals surface area contributed by atoms with Crippen molar-refractivity contribution in [1.29, 1.82) is 0 Å². The number of hydrogen-bond donors (Lipinski definition) is 1. The van der Waals surface area contributed by atoms with Gasteiger partial charge in [0.15, 0.2) is 5.12 Å². The van der Waals surface area contributed by atoms with Crippen LogP contribution in [0.5, 0.6) is 0 Å². The van der Waals surface area contributed by atoms with Gasteiger partial charge in [0, 0.05) is 6.42 Å². The number of rotatable bonds is 26. The molecule has 1 aromatic carbocycles. The molecule has 0 saturated heterocycles. The van der Waals surface area contributed by atoms with E-state index in [1.165, 1.54) is 81.5 Å². The Kier molecular flexibility index (Phi) is 24.5. The first-order valence-electron chi connectivity index (χ1n) is 15.5. The maximum Gasteiger partial charge on any atom is 0.191 e. The minimum atomic E-state index is -0.445. The second-order valence-electron chi connectivity index (χ2n) is 10.5. The number of carbonyl (C=O) groups excluding carboxylic acids is 1. The molecule has 5 heteroatoms. The van der Waals surface area contributed by atoms with Crippen LogP contribution in [-0.4, -0.2) is 35.0 Å². The zero-order valence-electron chi connectivity index (χ0n) is 24.9. The van der Waals surface area contributed by atoms with Crippen molar-refractivity contribution >= 4 is 16.9 Å². The van der Waals surface area contributed by atoms with Gasteiger partial charge in [-0.1, -0.05) is 131 Å². The summed E-state index contributed by atoms with van der Waals surface area (Å²) in [6.45, 7) is 4.99. The van der Waals surface area contributed by atoms with Crippen molar-refractivity contribution < 1.29 is 19.4 Å². The first kappa shape index (κ1) is 35.6. The van der Waals surface area contributed by atoms with Gasteiger partial charge in [-0.3, -0.25) is 4.79 Å². The Morgan fingerprint density at radius 1 is 0.846 bits per heavy atom. The molecule has 2 atom stereocenters. The first-order valence-corrected chi connectivity index (χ1v) is 16.5. The molecule has 222 valence electrons. The molecule has 4 nitrogen and oxygen atoms in total. The topological polar surface area (TPSA) is 55.8 Å². The van der Waals surface area contributed by atoms with E-state index in [0.717, 1.165) is 37.9 Å². The molecule has 1 N–H and O–H groups in total. The Bertz CT molecular complexity index is 734. The Hall–Kier alpha value is -1.40. The number of hydrogen-bond acceptors (Lipinski definition) is 5. The molecule has 0 aliphatic heterocycles. The zero-order chi connectivity index (χ0) is 28.2. The fraction of sp³-hybridized carbons (Fsp3) is 0.676. The average Bonchev–Trinajstić information content (AvgIpc) is 2.93. The molecule has 0 bridgehead atoms. The van der Waals surface area contributed by atoms with Crippen LogP contribution >= 0.6 is 11.8 Å². The van der Waals surface area contributed by atoms with Gasteiger partial charge in [-0.2, -0.15) is 0 Å². The van der Waals surface area contributed by atoms with Crippen LogP contribution in [0.4, 0.5) is 0 Å². The molecular formula is C34H56O4S. The predicted octanol–water partition coefficient (Wildman–Crippen LogP) is 9.56. The summed E-state index contributed by atoms with van der Waals surface area (Å²) in [4.78, 5) is 11.5. The number of carbonyl (C=O) groups is 1. The second-order valence-corrected chi connectivity index (χ2v) is 11.8. The summed E-state index contributed by atoms with van der Waals surface area (Å²) in [6.07, 6.45) is 27.1. The fourth-order valence-corrected chi connectivity index (χ4v) is 5.00. The summed E-state index contributed by atoms with van der Waals surface area (Å²) in [7, 11) is 0. The molecule has 0 amide bonds. The largest absolute Gasteiger partial charge is 0.393 e. The van der Waals surface area contributed by atoms with Crippen LogP contribution < -0.4 is 0 Å². The fourth-order valence-electron chi connectivity index (χ4n) is 4.37. The van der Waals surface area contributed by atoms with Crippen LogP contribution in [0.1, 0.15) is 122 Å². The van der Waals surface area contributed by atoms with Crippen molar-refractivity contribution in [3.63, 3.8) is 0 Å². The molecular weight excluding hydrogens is 504 g/mol. The maximum atomic E-state index is 11.5. The van der Waals surface area contributed by atoms with Gasteiger partial charge < -0.3 is 14.6 Å². The Morgan fingerprint density at radius 3 is 2.10 bits per heavy atom. The highest BCUT2D eigenvalue weighted by Crippen LogP contribution is 2.15. The minimum Gasteiger partial charge on any atom is -0.393 e. The lowest BCUT2D eigenvalue weighted by atomic mass is 10.0. The summed E-state index contributed by atoms with van der Waals surface area (Å²) in [5.41, 5.74) is 1.17. The van der Waals surface area contributed by atoms with Gasteiger partial charge in [0.1, 0.15) is 6.79 Å². The molecule has 39 heavy (non-hydrogen) atoms. The highest BCUT2D eigenvalue weighted by Gasteiger charge is 2.10. The van der Waals surface area contributed by atoms with E-state index in [9.17, 15) is 9.90 Å². The summed E-state index contributed by atoms with van der Waals surface area (Å²) >= 11 is 1.32. The quantitative estimate of drug-likeness (QED) is 0.0694. The molecule has 0 aromatic heterocycles. The van der Waals surface area contributed by atoms with Crippen LogP contribution in [0.15, 0.2) is 54.6 Å². The third-order valence-corrected chi connectivity index (χ3v) is 7.49. The molecule has 0 aliphatic carbocycles. The highest BCUT2D eigenvalue weighted by atomic mass is 32.2. The lowest BCUT2D eigenvalue weighted by Crippen LogP contribution is -2.11. The van der Waals surface area contributed by atoms with Crippen LogP contribution in [-0.2, 0) is 20.9 Å². The number of aliphatic hydroxyl groups excluding tert-OH is 1. The molecule has 0 heterocycles. The van der Waals surface area contributed by atoms with E-state index in [0.29, 0.717) is 19.8 Å². The molecule has 1 rings (SSSR count). The summed E-state index contributed by atoms with van der Waals surface area (Å²) in [5, 5.41) is 10.0. The first-order chi connectivity index (χ1) is 19.1. The predicted molar refractivity (Wildman–Crippen MR) is 168 cm³/mol. The number of ether oxygens (including phenoxy) is 2. The van der Waals surface area contributed by atoms with Crippen LogP contribution in [0.2, 0.25) is 0 Å². The van der Waals surface area contributed by atoms with Gasteiger partial charge in [0.2, 0.25) is 0 Å². The molecule has 0 saturated carbocycles. The number of aliphatic hydroxyl groups is 1. The number of thioether (sulfide) groups is 1. The molecule has 0 spiro atoms. The highest BCUT2D eigenvalue weighted by molar-refractivity contribution is 8.13. The maximum absolute atomic E-state index is 11.5. The molecule has 0 fully saturated rings. The monoisotopic (exact) mass is 560 g/mol. The van der Waals surface area contributed by atoms with E-state index in [-0.39, 0.29) is 11.2 Å². The van der Waals surface area contributed by atoms with E-state index < -0.39 is 6.10 Å². The van der Waals surface area contributed by atoms with Crippen molar-refractivity contribution in [2.75, 3.05) is 12.5 Å². The zero-order valence-corrected chi connectivity index (χ0v) is 25.7. The van der Waals surface area contributed by atoms with Gasteiger partial charge in [-0.05, 0) is 56.8 Å². The Balaban J connectivity index is 1.79. The lowest BCUT2D eigenvalue weighted by Gasteiger charge is -2.11. The van der Waals surface area contributed by atoms with E-state index >= 15 is 0 Å². The Labute approximate surface area is 244 Å². The summed E-state index contributed by atoms with van der Waals surface area (Å²) < 4.78 is 11.3. The SMILES string of the molecule is CCSC(=O)CC(O)CCCCCCCCCCCC/C=C/CC/C=C/C[C@@H](C)OCOCc1ccccc1. The van der Waals surface area contributed by atoms with E-state index in [2.05, 4.69) is 43.4 Å². The van der Waals surface area contributed by atoms with Gasteiger partial charge >= 0.3 is 0 Å². The van der Waals surface area contributed by atoms with E-state index in [1.54, 1.807) is 0 Å². The second kappa shape index (κ2) is 26.8. The van der Waals surface area contributed by atoms with Crippen LogP contribution in [0.3, 0.4) is 0 Å². The number of allylic oxidation sites excluding steroid dienone is 3. The summed E-state index contributed by atoms with van der Waals surface area (Å²) in [5.74, 6) is 0.798. The van der Waals surface area contributed by atoms with Gasteiger partial charge in [-0.25, -0.2) is 0 Å². The van der Waals surface area contributed by atoms with Crippen LogP contribution in [0.25, 0.3) is 0 Å². The van der Waals surface area contributed by atoms with Crippen molar-refractivity contribution in [2.45, 2.75) is 135 Å². The smallest absolute Gasteiger partial charge is 0.191 e.